The van der Waals surface area contributed by atoms with E-state index in [9.17, 15) is 9.59 Å². The van der Waals surface area contributed by atoms with E-state index in [1.807, 2.05) is 59.6 Å². The van der Waals surface area contributed by atoms with Gasteiger partial charge >= 0.3 is 0 Å². The molecule has 1 fully saturated rings. The number of benzene rings is 2. The van der Waals surface area contributed by atoms with Gasteiger partial charge in [0.15, 0.2) is 5.65 Å². The highest BCUT2D eigenvalue weighted by Crippen LogP contribution is 2.26. The third kappa shape index (κ3) is 4.73. The fourth-order valence-electron chi connectivity index (χ4n) is 4.34. The molecule has 1 aliphatic rings. The summed E-state index contributed by atoms with van der Waals surface area (Å²) < 4.78 is 1.73. The van der Waals surface area contributed by atoms with Crippen molar-refractivity contribution in [3.05, 3.63) is 78.0 Å². The Kier molecular flexibility index (Phi) is 6.18. The summed E-state index contributed by atoms with van der Waals surface area (Å²) in [5, 5.41) is 7.76. The molecule has 2 aromatic carbocycles. The van der Waals surface area contributed by atoms with Gasteiger partial charge in [-0.1, -0.05) is 12.1 Å². The summed E-state index contributed by atoms with van der Waals surface area (Å²) in [5.74, 6) is 0.512. The van der Waals surface area contributed by atoms with E-state index in [2.05, 4.69) is 10.4 Å². The number of likely N-dealkylation sites (tertiary alicyclic amines) is 1. The molecule has 0 saturated carbocycles. The largest absolute Gasteiger partial charge is 0.345 e. The number of pyridine rings is 1. The lowest BCUT2D eigenvalue weighted by atomic mass is 10.0. The van der Waals surface area contributed by atoms with Gasteiger partial charge in [0.25, 0.3) is 11.8 Å². The van der Waals surface area contributed by atoms with Crippen molar-refractivity contribution in [2.24, 2.45) is 0 Å². The number of aromatic nitrogens is 3. The second kappa shape index (κ2) is 9.58. The maximum absolute atomic E-state index is 12.8. The van der Waals surface area contributed by atoms with Gasteiger partial charge in [-0.2, -0.15) is 4.98 Å². The van der Waals surface area contributed by atoms with Crippen molar-refractivity contribution in [1.29, 1.82) is 0 Å². The number of nitrogens with zero attached hydrogens (tertiary/aromatic N) is 5. The third-order valence-electron chi connectivity index (χ3n) is 6.24. The molecule has 0 aliphatic carbocycles. The second-order valence-corrected chi connectivity index (χ2v) is 8.96. The Morgan fingerprint density at radius 1 is 0.886 bits per heavy atom. The molecule has 0 bridgehead atoms. The van der Waals surface area contributed by atoms with Crippen molar-refractivity contribution in [1.82, 2.24) is 24.4 Å². The van der Waals surface area contributed by atoms with Crippen molar-refractivity contribution >= 4 is 29.1 Å². The van der Waals surface area contributed by atoms with Gasteiger partial charge in [-0.05, 0) is 73.4 Å². The topological polar surface area (TPSA) is 82.8 Å². The molecule has 178 valence electrons. The van der Waals surface area contributed by atoms with Gasteiger partial charge in [-0.3, -0.25) is 9.59 Å². The molecule has 0 spiro atoms. The van der Waals surface area contributed by atoms with E-state index in [-0.39, 0.29) is 11.8 Å². The van der Waals surface area contributed by atoms with Crippen LogP contribution < -0.4 is 5.32 Å². The molecule has 35 heavy (non-hydrogen) atoms. The molecule has 0 radical (unpaired) electrons. The van der Waals surface area contributed by atoms with Gasteiger partial charge in [-0.25, -0.2) is 4.52 Å². The van der Waals surface area contributed by atoms with Crippen LogP contribution in [0.3, 0.4) is 0 Å². The van der Waals surface area contributed by atoms with Crippen LogP contribution in [0.5, 0.6) is 0 Å². The van der Waals surface area contributed by atoms with Gasteiger partial charge < -0.3 is 15.1 Å². The molecule has 3 heterocycles. The first-order chi connectivity index (χ1) is 17.0. The Bertz CT molecular complexity index is 1350. The van der Waals surface area contributed by atoms with Gasteiger partial charge in [0, 0.05) is 55.8 Å². The first-order valence-corrected chi connectivity index (χ1v) is 11.8. The fourth-order valence-corrected chi connectivity index (χ4v) is 4.34. The van der Waals surface area contributed by atoms with Crippen LogP contribution in [0.4, 0.5) is 11.6 Å². The maximum Gasteiger partial charge on any atom is 0.253 e. The average molecular weight is 469 g/mol. The number of rotatable bonds is 5. The van der Waals surface area contributed by atoms with E-state index in [1.165, 1.54) is 6.42 Å². The first-order valence-electron chi connectivity index (χ1n) is 11.8. The lowest BCUT2D eigenvalue weighted by Crippen LogP contribution is -2.35. The van der Waals surface area contributed by atoms with Crippen LogP contribution >= 0.6 is 0 Å². The Morgan fingerprint density at radius 2 is 1.57 bits per heavy atom. The molecule has 1 saturated heterocycles. The van der Waals surface area contributed by atoms with Gasteiger partial charge in [-0.15, -0.1) is 5.10 Å². The zero-order valence-corrected chi connectivity index (χ0v) is 19.9. The molecule has 8 nitrogen and oxygen atoms in total. The van der Waals surface area contributed by atoms with Crippen molar-refractivity contribution in [2.45, 2.75) is 19.3 Å². The molecule has 0 unspecified atom stereocenters. The van der Waals surface area contributed by atoms with Crippen LogP contribution in [0.25, 0.3) is 16.8 Å². The Balaban J connectivity index is 1.36. The summed E-state index contributed by atoms with van der Waals surface area (Å²) in [6.07, 6.45) is 5.20. The Labute approximate surface area is 204 Å². The molecular formula is C27H28N6O2. The van der Waals surface area contributed by atoms with Crippen molar-refractivity contribution in [2.75, 3.05) is 32.5 Å². The summed E-state index contributed by atoms with van der Waals surface area (Å²) in [5.41, 5.74) is 4.73. The molecular weight excluding hydrogens is 440 g/mol. The highest BCUT2D eigenvalue weighted by atomic mass is 16.2. The zero-order valence-electron chi connectivity index (χ0n) is 19.9. The molecule has 2 aromatic heterocycles. The summed E-state index contributed by atoms with van der Waals surface area (Å²) in [6, 6.07) is 18.9. The summed E-state index contributed by atoms with van der Waals surface area (Å²) in [6.45, 7) is 1.67. The number of fused-ring (bicyclic) bond motifs is 1. The van der Waals surface area contributed by atoms with E-state index in [0.29, 0.717) is 22.7 Å². The minimum Gasteiger partial charge on any atom is -0.345 e. The number of anilines is 2. The van der Waals surface area contributed by atoms with E-state index >= 15 is 0 Å². The minimum atomic E-state index is -0.0457. The van der Waals surface area contributed by atoms with Crippen LogP contribution in [0.2, 0.25) is 0 Å². The Hall–Kier alpha value is -4.20. The summed E-state index contributed by atoms with van der Waals surface area (Å²) in [7, 11) is 3.46. The standard InChI is InChI=1S/C27H28N6O2/c1-31(2)25(34)20-12-14-22(15-13-20)28-27-29-24-23(7-6-18-33(24)30-27)19-8-10-21(11-9-19)26(35)32-16-4-3-5-17-32/h6-15,18H,3-5,16-17H2,1-2H3,(H,28,30). The third-order valence-corrected chi connectivity index (χ3v) is 6.24. The quantitative estimate of drug-likeness (QED) is 0.467. The predicted molar refractivity (Wildman–Crippen MR) is 136 cm³/mol. The van der Waals surface area contributed by atoms with Crippen LogP contribution in [-0.4, -0.2) is 63.4 Å². The predicted octanol–water partition coefficient (Wildman–Crippen LogP) is 4.47. The van der Waals surface area contributed by atoms with E-state index in [4.69, 9.17) is 4.98 Å². The molecule has 2 amide bonds. The van der Waals surface area contributed by atoms with Crippen LogP contribution in [0.1, 0.15) is 40.0 Å². The van der Waals surface area contributed by atoms with Crippen molar-refractivity contribution < 1.29 is 9.59 Å². The molecule has 5 rings (SSSR count). The van der Waals surface area contributed by atoms with Gasteiger partial charge in [0.05, 0.1) is 0 Å². The number of carbonyl (C=O) groups is 2. The highest BCUT2D eigenvalue weighted by Gasteiger charge is 2.18. The van der Waals surface area contributed by atoms with Crippen molar-refractivity contribution in [3.8, 4) is 11.1 Å². The molecule has 0 atom stereocenters. The number of piperidine rings is 1. The van der Waals surface area contributed by atoms with Gasteiger partial charge in [0.2, 0.25) is 5.95 Å². The lowest BCUT2D eigenvalue weighted by Gasteiger charge is -2.26. The van der Waals surface area contributed by atoms with Crippen molar-refractivity contribution in [3.63, 3.8) is 0 Å². The lowest BCUT2D eigenvalue weighted by molar-refractivity contribution is 0.0724. The molecule has 4 aromatic rings. The summed E-state index contributed by atoms with van der Waals surface area (Å²) in [4.78, 5) is 33.1. The minimum absolute atomic E-state index is 0.0457. The van der Waals surface area contributed by atoms with E-state index in [1.54, 1.807) is 35.6 Å². The summed E-state index contributed by atoms with van der Waals surface area (Å²) >= 11 is 0. The monoisotopic (exact) mass is 468 g/mol. The number of nitrogens with one attached hydrogen (secondary N) is 1. The van der Waals surface area contributed by atoms with E-state index < -0.39 is 0 Å². The average Bonchev–Trinajstić information content (AvgIpc) is 3.31. The maximum atomic E-state index is 12.8. The molecule has 1 N–H and O–H groups in total. The van der Waals surface area contributed by atoms with Crippen LogP contribution in [-0.2, 0) is 0 Å². The van der Waals surface area contributed by atoms with Crippen LogP contribution in [0.15, 0.2) is 66.9 Å². The normalized spacial score (nSPS) is 13.6. The Morgan fingerprint density at radius 3 is 2.26 bits per heavy atom. The van der Waals surface area contributed by atoms with E-state index in [0.717, 1.165) is 42.7 Å². The van der Waals surface area contributed by atoms with Crippen LogP contribution in [0, 0.1) is 0 Å². The molecule has 8 heteroatoms. The fraction of sp³-hybridized carbons (Fsp3) is 0.259. The van der Waals surface area contributed by atoms with Gasteiger partial charge in [0.1, 0.15) is 0 Å². The molecule has 1 aliphatic heterocycles. The number of hydrogen-bond donors (Lipinski definition) is 1. The zero-order chi connectivity index (χ0) is 24.4. The first kappa shape index (κ1) is 22.6. The second-order valence-electron chi connectivity index (χ2n) is 8.96. The number of amides is 2. The number of hydrogen-bond acceptors (Lipinski definition) is 5. The SMILES string of the molecule is CN(C)C(=O)c1ccc(Nc2nc3c(-c4ccc(C(=O)N5CCCCC5)cc4)cccn3n2)cc1. The smallest absolute Gasteiger partial charge is 0.253 e. The number of carbonyl (C=O) groups excluding carboxylic acids is 2. The highest BCUT2D eigenvalue weighted by molar-refractivity contribution is 5.95.